The minimum absolute atomic E-state index is 0.0345. The van der Waals surface area contributed by atoms with Crippen LogP contribution in [0.3, 0.4) is 0 Å². The molecule has 8 nitrogen and oxygen atoms in total. The number of aromatic nitrogens is 1. The van der Waals surface area contributed by atoms with Gasteiger partial charge >= 0.3 is 16.2 Å². The first-order valence-corrected chi connectivity index (χ1v) is 7.87. The molecule has 1 aromatic rings. The Morgan fingerprint density at radius 2 is 2.33 bits per heavy atom. The first-order valence-electron chi connectivity index (χ1n) is 6.43. The molecule has 0 bridgehead atoms. The van der Waals surface area contributed by atoms with Crippen LogP contribution in [-0.2, 0) is 15.0 Å². The van der Waals surface area contributed by atoms with Crippen molar-refractivity contribution in [2.24, 2.45) is 5.92 Å². The Morgan fingerprint density at radius 1 is 1.57 bits per heavy atom. The molecular formula is C12H17N3O5S. The summed E-state index contributed by atoms with van der Waals surface area (Å²) in [5.41, 5.74) is 0.220. The van der Waals surface area contributed by atoms with Crippen molar-refractivity contribution in [3.05, 3.63) is 18.3 Å². The van der Waals surface area contributed by atoms with Gasteiger partial charge in [0.05, 0.1) is 13.0 Å². The fraction of sp³-hybridized carbons (Fsp3) is 0.500. The summed E-state index contributed by atoms with van der Waals surface area (Å²) in [5, 5.41) is 9.02. The summed E-state index contributed by atoms with van der Waals surface area (Å²) in [7, 11) is -2.45. The fourth-order valence-corrected chi connectivity index (χ4v) is 3.50. The van der Waals surface area contributed by atoms with Gasteiger partial charge in [0, 0.05) is 19.3 Å². The number of carboxylic acids is 1. The standard InChI is InChI=1S/C12H17N3O5S/c1-20-11-10(5-2-6-13-11)14-21(18,19)15-7-3-4-9(8-15)12(16)17/h2,5-6,9,14H,3-4,7-8H2,1H3,(H,16,17). The predicted molar refractivity (Wildman–Crippen MR) is 75.3 cm³/mol. The van der Waals surface area contributed by atoms with Gasteiger partial charge in [-0.1, -0.05) is 0 Å². The first kappa shape index (κ1) is 15.5. The van der Waals surface area contributed by atoms with Crippen LogP contribution in [-0.4, -0.2) is 49.0 Å². The molecule has 2 heterocycles. The molecule has 21 heavy (non-hydrogen) atoms. The van der Waals surface area contributed by atoms with Crippen LogP contribution < -0.4 is 9.46 Å². The molecule has 2 N–H and O–H groups in total. The smallest absolute Gasteiger partial charge is 0.307 e. The summed E-state index contributed by atoms with van der Waals surface area (Å²) in [6.45, 7) is 0.259. The van der Waals surface area contributed by atoms with Crippen molar-refractivity contribution in [2.75, 3.05) is 24.9 Å². The number of anilines is 1. The lowest BCUT2D eigenvalue weighted by Gasteiger charge is -2.30. The van der Waals surface area contributed by atoms with Crippen LogP contribution in [0.15, 0.2) is 18.3 Å². The summed E-state index contributed by atoms with van der Waals surface area (Å²) in [5.74, 6) is -1.49. The highest BCUT2D eigenvalue weighted by Crippen LogP contribution is 2.24. The normalized spacial score (nSPS) is 20.0. The topological polar surface area (TPSA) is 109 Å². The third-order valence-electron chi connectivity index (χ3n) is 3.28. The van der Waals surface area contributed by atoms with Gasteiger partial charge in [-0.15, -0.1) is 0 Å². The Bertz CT molecular complexity index is 619. The highest BCUT2D eigenvalue weighted by Gasteiger charge is 2.32. The highest BCUT2D eigenvalue weighted by molar-refractivity contribution is 7.90. The molecule has 116 valence electrons. The quantitative estimate of drug-likeness (QED) is 0.821. The molecule has 0 amide bonds. The minimum Gasteiger partial charge on any atom is -0.481 e. The van der Waals surface area contributed by atoms with E-state index in [9.17, 15) is 13.2 Å². The van der Waals surface area contributed by atoms with Gasteiger partial charge in [0.25, 0.3) is 0 Å². The summed E-state index contributed by atoms with van der Waals surface area (Å²) in [4.78, 5) is 14.9. The van der Waals surface area contributed by atoms with Gasteiger partial charge in [0.1, 0.15) is 5.69 Å². The lowest BCUT2D eigenvalue weighted by Crippen LogP contribution is -2.44. The van der Waals surface area contributed by atoms with Crippen molar-refractivity contribution >= 4 is 21.9 Å². The summed E-state index contributed by atoms with van der Waals surface area (Å²) in [6, 6.07) is 3.11. The summed E-state index contributed by atoms with van der Waals surface area (Å²) >= 11 is 0. The van der Waals surface area contributed by atoms with E-state index in [1.165, 1.54) is 19.4 Å². The van der Waals surface area contributed by atoms with Gasteiger partial charge < -0.3 is 9.84 Å². The number of nitrogens with one attached hydrogen (secondary N) is 1. The van der Waals surface area contributed by atoms with Gasteiger partial charge in [-0.3, -0.25) is 9.52 Å². The molecule has 1 aliphatic heterocycles. The minimum atomic E-state index is -3.84. The summed E-state index contributed by atoms with van der Waals surface area (Å²) in [6.07, 6.45) is 2.48. The van der Waals surface area contributed by atoms with Crippen LogP contribution in [0.4, 0.5) is 5.69 Å². The molecule has 1 fully saturated rings. The van der Waals surface area contributed by atoms with Crippen molar-refractivity contribution in [1.29, 1.82) is 0 Å². The van der Waals surface area contributed by atoms with E-state index >= 15 is 0 Å². The molecule has 9 heteroatoms. The van der Waals surface area contributed by atoms with E-state index in [4.69, 9.17) is 9.84 Å². The second-order valence-corrected chi connectivity index (χ2v) is 6.37. The molecule has 2 rings (SSSR count). The number of methoxy groups -OCH3 is 1. The number of carboxylic acid groups (broad SMARTS) is 1. The average molecular weight is 315 g/mol. The molecular weight excluding hydrogens is 298 g/mol. The molecule has 0 aliphatic carbocycles. The number of pyridine rings is 1. The number of carbonyl (C=O) groups is 1. The monoisotopic (exact) mass is 315 g/mol. The maximum atomic E-state index is 12.3. The SMILES string of the molecule is COc1ncccc1NS(=O)(=O)N1CCCC(C(=O)O)C1. The molecule has 1 aliphatic rings. The Morgan fingerprint density at radius 3 is 3.00 bits per heavy atom. The Kier molecular flexibility index (Phi) is 4.63. The second-order valence-electron chi connectivity index (χ2n) is 4.70. The molecule has 1 unspecified atom stereocenters. The zero-order chi connectivity index (χ0) is 15.5. The van der Waals surface area contributed by atoms with Crippen LogP contribution in [0.1, 0.15) is 12.8 Å². The number of aliphatic carboxylic acids is 1. The van der Waals surface area contributed by atoms with Crippen molar-refractivity contribution in [1.82, 2.24) is 9.29 Å². The molecule has 0 saturated carbocycles. The Labute approximate surface area is 122 Å². The van der Waals surface area contributed by atoms with Crippen molar-refractivity contribution in [3.63, 3.8) is 0 Å². The molecule has 1 atom stereocenters. The van der Waals surface area contributed by atoms with Gasteiger partial charge in [-0.05, 0) is 25.0 Å². The fourth-order valence-electron chi connectivity index (χ4n) is 2.20. The van der Waals surface area contributed by atoms with Crippen LogP contribution in [0.2, 0.25) is 0 Å². The molecule has 0 aromatic carbocycles. The van der Waals surface area contributed by atoms with Crippen LogP contribution in [0.5, 0.6) is 5.88 Å². The van der Waals surface area contributed by atoms with Gasteiger partial charge in [-0.2, -0.15) is 12.7 Å². The van der Waals surface area contributed by atoms with Gasteiger partial charge in [-0.25, -0.2) is 4.98 Å². The number of hydrogen-bond acceptors (Lipinski definition) is 5. The number of piperidine rings is 1. The molecule has 1 saturated heterocycles. The van der Waals surface area contributed by atoms with E-state index in [0.717, 1.165) is 4.31 Å². The van der Waals surface area contributed by atoms with E-state index < -0.39 is 22.1 Å². The Balaban J connectivity index is 2.16. The van der Waals surface area contributed by atoms with Gasteiger partial charge in [0.15, 0.2) is 0 Å². The number of nitrogens with zero attached hydrogens (tertiary/aromatic N) is 2. The van der Waals surface area contributed by atoms with Gasteiger partial charge in [0.2, 0.25) is 5.88 Å². The highest BCUT2D eigenvalue weighted by atomic mass is 32.2. The average Bonchev–Trinajstić information content (AvgIpc) is 2.47. The lowest BCUT2D eigenvalue weighted by atomic mass is 10.0. The van der Waals surface area contributed by atoms with E-state index in [-0.39, 0.29) is 18.1 Å². The largest absolute Gasteiger partial charge is 0.481 e. The number of hydrogen-bond donors (Lipinski definition) is 2. The molecule has 1 aromatic heterocycles. The van der Waals surface area contributed by atoms with Crippen molar-refractivity contribution < 1.29 is 23.1 Å². The van der Waals surface area contributed by atoms with Crippen LogP contribution in [0.25, 0.3) is 0 Å². The maximum absolute atomic E-state index is 12.3. The summed E-state index contributed by atoms with van der Waals surface area (Å²) < 4.78 is 33.2. The van der Waals surface area contributed by atoms with E-state index in [0.29, 0.717) is 19.4 Å². The number of rotatable bonds is 5. The van der Waals surface area contributed by atoms with Crippen LogP contribution in [0, 0.1) is 5.92 Å². The van der Waals surface area contributed by atoms with Crippen molar-refractivity contribution in [3.8, 4) is 5.88 Å². The zero-order valence-corrected chi connectivity index (χ0v) is 12.3. The van der Waals surface area contributed by atoms with Crippen LogP contribution >= 0.6 is 0 Å². The molecule has 0 spiro atoms. The zero-order valence-electron chi connectivity index (χ0n) is 11.5. The van der Waals surface area contributed by atoms with E-state index in [1.54, 1.807) is 6.07 Å². The lowest BCUT2D eigenvalue weighted by molar-refractivity contribution is -0.142. The Hall–Kier alpha value is -1.87. The van der Waals surface area contributed by atoms with E-state index in [2.05, 4.69) is 9.71 Å². The number of ether oxygens (including phenoxy) is 1. The molecule has 0 radical (unpaired) electrons. The first-order chi connectivity index (χ1) is 9.94. The van der Waals surface area contributed by atoms with Crippen molar-refractivity contribution in [2.45, 2.75) is 12.8 Å². The third kappa shape index (κ3) is 3.61. The third-order valence-corrected chi connectivity index (χ3v) is 4.77. The predicted octanol–water partition coefficient (Wildman–Crippen LogP) is 0.544. The second kappa shape index (κ2) is 6.27. The van der Waals surface area contributed by atoms with E-state index in [1.807, 2.05) is 0 Å². The maximum Gasteiger partial charge on any atom is 0.307 e.